The molecule has 0 aliphatic carbocycles. The van der Waals surface area contributed by atoms with Gasteiger partial charge in [0.05, 0.1) is 11.5 Å². The molecule has 2 aromatic rings. The maximum atomic E-state index is 13.3. The number of amides is 1. The second-order valence-corrected chi connectivity index (χ2v) is 5.18. The van der Waals surface area contributed by atoms with Gasteiger partial charge in [-0.25, -0.2) is 4.39 Å². The van der Waals surface area contributed by atoms with Gasteiger partial charge in [-0.2, -0.15) is 0 Å². The zero-order valence-corrected chi connectivity index (χ0v) is 11.7. The Morgan fingerprint density at radius 3 is 2.73 bits per heavy atom. The second-order valence-electron chi connectivity index (χ2n) is 5.18. The Balaban J connectivity index is 1.95. The summed E-state index contributed by atoms with van der Waals surface area (Å²) in [5.74, 6) is -0.420. The normalized spacial score (nSPS) is 13.9. The topological polar surface area (TPSA) is 63.4 Å². The van der Waals surface area contributed by atoms with Crippen LogP contribution in [-0.2, 0) is 17.8 Å². The molecule has 0 bridgehead atoms. The molecule has 1 aliphatic heterocycles. The molecule has 1 amide bonds. The third-order valence-electron chi connectivity index (χ3n) is 3.70. The van der Waals surface area contributed by atoms with E-state index in [4.69, 9.17) is 0 Å². The Morgan fingerprint density at radius 2 is 2.00 bits per heavy atom. The highest BCUT2D eigenvalue weighted by molar-refractivity contribution is 5.96. The van der Waals surface area contributed by atoms with Gasteiger partial charge in [-0.1, -0.05) is 12.1 Å². The van der Waals surface area contributed by atoms with Gasteiger partial charge in [-0.05, 0) is 35.7 Å². The van der Waals surface area contributed by atoms with Crippen LogP contribution in [0.3, 0.4) is 0 Å². The molecule has 0 fully saturated rings. The van der Waals surface area contributed by atoms with Crippen molar-refractivity contribution in [1.82, 2.24) is 0 Å². The fourth-order valence-electron chi connectivity index (χ4n) is 2.65. The number of halogens is 1. The Hall–Kier alpha value is -2.76. The quantitative estimate of drug-likeness (QED) is 0.646. The molecule has 0 N–H and O–H groups in total. The van der Waals surface area contributed by atoms with E-state index in [0.29, 0.717) is 24.1 Å². The van der Waals surface area contributed by atoms with Crippen molar-refractivity contribution in [2.75, 3.05) is 4.90 Å². The lowest BCUT2D eigenvalue weighted by Crippen LogP contribution is -2.34. The molecule has 0 radical (unpaired) electrons. The molecule has 0 saturated carbocycles. The third kappa shape index (κ3) is 2.67. The van der Waals surface area contributed by atoms with Gasteiger partial charge in [0.15, 0.2) is 0 Å². The first kappa shape index (κ1) is 14.2. The number of anilines is 1. The lowest BCUT2D eigenvalue weighted by atomic mass is 9.99. The molecular weight excluding hydrogens is 287 g/mol. The number of rotatable bonds is 3. The first-order valence-electron chi connectivity index (χ1n) is 6.87. The highest BCUT2D eigenvalue weighted by Gasteiger charge is 2.25. The first-order valence-corrected chi connectivity index (χ1v) is 6.87. The van der Waals surface area contributed by atoms with Gasteiger partial charge >= 0.3 is 0 Å². The molecule has 0 saturated heterocycles. The zero-order chi connectivity index (χ0) is 15.7. The van der Waals surface area contributed by atoms with Crippen molar-refractivity contribution in [1.29, 1.82) is 0 Å². The summed E-state index contributed by atoms with van der Waals surface area (Å²) < 4.78 is 13.3. The summed E-state index contributed by atoms with van der Waals surface area (Å²) in [6.07, 6.45) is 0.777. The highest BCUT2D eigenvalue weighted by Crippen LogP contribution is 2.32. The number of aryl methyl sites for hydroxylation is 1. The van der Waals surface area contributed by atoms with Crippen LogP contribution in [0.5, 0.6) is 0 Å². The number of fused-ring (bicyclic) bond motifs is 1. The van der Waals surface area contributed by atoms with Crippen molar-refractivity contribution in [3.63, 3.8) is 0 Å². The Labute approximate surface area is 126 Å². The predicted molar refractivity (Wildman–Crippen MR) is 79.0 cm³/mol. The number of non-ortho nitro benzene ring substituents is 1. The number of carbonyl (C=O) groups is 1. The SMILES string of the molecule is O=C1CCc2cc([N+](=O)[O-])ccc2N1Cc1cccc(F)c1. The van der Waals surface area contributed by atoms with Gasteiger partial charge in [-0.15, -0.1) is 0 Å². The minimum absolute atomic E-state index is 0.0128. The van der Waals surface area contributed by atoms with Gasteiger partial charge < -0.3 is 4.90 Å². The molecule has 1 heterocycles. The molecule has 0 spiro atoms. The zero-order valence-electron chi connectivity index (χ0n) is 11.7. The molecule has 3 rings (SSSR count). The van der Waals surface area contributed by atoms with E-state index in [9.17, 15) is 19.3 Å². The third-order valence-corrected chi connectivity index (χ3v) is 3.70. The number of benzene rings is 2. The molecule has 2 aromatic carbocycles. The van der Waals surface area contributed by atoms with E-state index in [2.05, 4.69) is 0 Å². The minimum Gasteiger partial charge on any atom is -0.308 e. The van der Waals surface area contributed by atoms with E-state index < -0.39 is 4.92 Å². The predicted octanol–water partition coefficient (Wildman–Crippen LogP) is 3.21. The van der Waals surface area contributed by atoms with Crippen LogP contribution in [0.1, 0.15) is 17.5 Å². The molecule has 0 atom stereocenters. The number of nitrogens with zero attached hydrogens (tertiary/aromatic N) is 2. The summed E-state index contributed by atoms with van der Waals surface area (Å²) in [6, 6.07) is 10.5. The summed E-state index contributed by atoms with van der Waals surface area (Å²) in [6.45, 7) is 0.251. The average molecular weight is 300 g/mol. The van der Waals surface area contributed by atoms with Crippen LogP contribution < -0.4 is 4.90 Å². The highest BCUT2D eigenvalue weighted by atomic mass is 19.1. The summed E-state index contributed by atoms with van der Waals surface area (Å²) >= 11 is 0. The van der Waals surface area contributed by atoms with E-state index in [1.54, 1.807) is 23.1 Å². The van der Waals surface area contributed by atoms with E-state index in [0.717, 1.165) is 5.56 Å². The molecule has 6 heteroatoms. The number of carbonyl (C=O) groups excluding carboxylic acids is 1. The van der Waals surface area contributed by atoms with Crippen molar-refractivity contribution in [3.8, 4) is 0 Å². The Kier molecular flexibility index (Phi) is 3.58. The summed E-state index contributed by atoms with van der Waals surface area (Å²) in [4.78, 5) is 24.1. The molecule has 5 nitrogen and oxygen atoms in total. The van der Waals surface area contributed by atoms with Gasteiger partial charge in [0.25, 0.3) is 5.69 Å². The van der Waals surface area contributed by atoms with Crippen LogP contribution in [0.15, 0.2) is 42.5 Å². The van der Waals surface area contributed by atoms with E-state index in [1.165, 1.54) is 24.3 Å². The van der Waals surface area contributed by atoms with Crippen LogP contribution in [0, 0.1) is 15.9 Å². The smallest absolute Gasteiger partial charge is 0.269 e. The van der Waals surface area contributed by atoms with Gasteiger partial charge in [0.1, 0.15) is 5.82 Å². The molecule has 0 unspecified atom stereocenters. The van der Waals surface area contributed by atoms with Crippen molar-refractivity contribution in [2.24, 2.45) is 0 Å². The summed E-state index contributed by atoms with van der Waals surface area (Å²) in [5, 5.41) is 10.8. The second kappa shape index (κ2) is 5.55. The van der Waals surface area contributed by atoms with Gasteiger partial charge in [-0.3, -0.25) is 14.9 Å². The summed E-state index contributed by atoms with van der Waals surface area (Å²) in [7, 11) is 0. The first-order chi connectivity index (χ1) is 10.5. The average Bonchev–Trinajstić information content (AvgIpc) is 2.49. The van der Waals surface area contributed by atoms with Crippen LogP contribution in [0.25, 0.3) is 0 Å². The van der Waals surface area contributed by atoms with E-state index >= 15 is 0 Å². The van der Waals surface area contributed by atoms with E-state index in [1.807, 2.05) is 0 Å². The number of nitro groups is 1. The van der Waals surface area contributed by atoms with Crippen LogP contribution in [0.4, 0.5) is 15.8 Å². The number of hydrogen-bond donors (Lipinski definition) is 0. The maximum absolute atomic E-state index is 13.3. The fourth-order valence-corrected chi connectivity index (χ4v) is 2.65. The standard InChI is InChI=1S/C16H13FN2O3/c17-13-3-1-2-11(8-13)10-18-15-6-5-14(19(21)22)9-12(15)4-7-16(18)20/h1-3,5-6,8-9H,4,7,10H2. The Bertz CT molecular complexity index is 761. The fraction of sp³-hybridized carbons (Fsp3) is 0.188. The molecular formula is C16H13FN2O3. The molecule has 0 aromatic heterocycles. The monoisotopic (exact) mass is 300 g/mol. The van der Waals surface area contributed by atoms with Gasteiger partial charge in [0, 0.05) is 24.2 Å². The van der Waals surface area contributed by atoms with Gasteiger partial charge in [0.2, 0.25) is 5.91 Å². The summed E-state index contributed by atoms with van der Waals surface area (Å²) in [5.41, 5.74) is 2.12. The number of nitro benzene ring substituents is 1. The van der Waals surface area contributed by atoms with Crippen LogP contribution >= 0.6 is 0 Å². The number of hydrogen-bond acceptors (Lipinski definition) is 3. The van der Waals surface area contributed by atoms with Crippen LogP contribution in [-0.4, -0.2) is 10.8 Å². The minimum atomic E-state index is -0.451. The van der Waals surface area contributed by atoms with Crippen molar-refractivity contribution >= 4 is 17.3 Å². The molecule has 1 aliphatic rings. The van der Waals surface area contributed by atoms with Crippen LogP contribution in [0.2, 0.25) is 0 Å². The van der Waals surface area contributed by atoms with Crippen molar-refractivity contribution in [3.05, 3.63) is 69.5 Å². The lowest BCUT2D eigenvalue weighted by molar-refractivity contribution is -0.384. The molecule has 112 valence electrons. The van der Waals surface area contributed by atoms with Crippen molar-refractivity contribution < 1.29 is 14.1 Å². The largest absolute Gasteiger partial charge is 0.308 e. The maximum Gasteiger partial charge on any atom is 0.269 e. The Morgan fingerprint density at radius 1 is 1.18 bits per heavy atom. The lowest BCUT2D eigenvalue weighted by Gasteiger charge is -2.29. The molecule has 22 heavy (non-hydrogen) atoms. The van der Waals surface area contributed by atoms with Crippen molar-refractivity contribution in [2.45, 2.75) is 19.4 Å². The van der Waals surface area contributed by atoms with E-state index in [-0.39, 0.29) is 24.0 Å².